The minimum absolute atomic E-state index is 0.133. The number of aryl methyl sites for hydroxylation is 2. The number of nitrogens with zero attached hydrogens (tertiary/aromatic N) is 1. The van der Waals surface area contributed by atoms with Gasteiger partial charge in [0.2, 0.25) is 0 Å². The summed E-state index contributed by atoms with van der Waals surface area (Å²) >= 11 is 2.49. The molecule has 1 N–H and O–H groups in total. The summed E-state index contributed by atoms with van der Waals surface area (Å²) in [5.41, 5.74) is 2.17. The lowest BCUT2D eigenvalue weighted by atomic mass is 9.99. The van der Waals surface area contributed by atoms with Crippen LogP contribution in [0.4, 0.5) is 4.79 Å². The number of fused-ring (bicyclic) bond motifs is 1. The highest BCUT2D eigenvalue weighted by molar-refractivity contribution is 8.18. The number of thiophene rings is 1. The van der Waals surface area contributed by atoms with E-state index < -0.39 is 0 Å². The Morgan fingerprint density at radius 3 is 2.71 bits per heavy atom. The maximum atomic E-state index is 12.5. The Kier molecular flexibility index (Phi) is 5.64. The zero-order valence-electron chi connectivity index (χ0n) is 15.3. The van der Waals surface area contributed by atoms with Crippen molar-refractivity contribution < 1.29 is 14.4 Å². The fraction of sp³-hybridized carbons (Fsp3) is 0.286. The number of carbonyl (C=O) groups excluding carboxylic acids is 3. The quantitative estimate of drug-likeness (QED) is 0.751. The summed E-state index contributed by atoms with van der Waals surface area (Å²) in [4.78, 5) is 40.7. The summed E-state index contributed by atoms with van der Waals surface area (Å²) < 4.78 is 0. The van der Waals surface area contributed by atoms with Crippen LogP contribution in [0.1, 0.15) is 38.5 Å². The minimum atomic E-state index is -0.306. The predicted molar refractivity (Wildman–Crippen MR) is 112 cm³/mol. The third-order valence-corrected chi connectivity index (χ3v) is 6.96. The molecule has 4 rings (SSSR count). The van der Waals surface area contributed by atoms with Crippen LogP contribution in [-0.4, -0.2) is 35.0 Å². The molecule has 1 aliphatic carbocycles. The van der Waals surface area contributed by atoms with E-state index in [0.29, 0.717) is 9.78 Å². The first-order chi connectivity index (χ1) is 13.6. The molecule has 0 bridgehead atoms. The second-order valence-corrected chi connectivity index (χ2v) is 8.90. The molecule has 2 aliphatic rings. The van der Waals surface area contributed by atoms with E-state index in [1.807, 2.05) is 36.4 Å². The second kappa shape index (κ2) is 8.32. The van der Waals surface area contributed by atoms with Gasteiger partial charge in [-0.2, -0.15) is 0 Å². The maximum Gasteiger partial charge on any atom is 0.293 e. The molecule has 5 nitrogen and oxygen atoms in total. The zero-order valence-corrected chi connectivity index (χ0v) is 16.9. The predicted octanol–water partition coefficient (Wildman–Crippen LogP) is 4.09. The van der Waals surface area contributed by atoms with Gasteiger partial charge in [-0.15, -0.1) is 11.3 Å². The van der Waals surface area contributed by atoms with Crippen LogP contribution in [0.15, 0.2) is 41.3 Å². The molecule has 1 aromatic heterocycles. The monoisotopic (exact) mass is 412 g/mol. The third kappa shape index (κ3) is 4.05. The summed E-state index contributed by atoms with van der Waals surface area (Å²) in [5.74, 6) is -0.439. The SMILES string of the molecule is O=C(NCCN1C(=O)S/C(=C\c2ccccc2)C1=O)c1cc2c(s1)CCCC2. The number of hydrogen-bond acceptors (Lipinski definition) is 5. The fourth-order valence-corrected chi connectivity index (χ4v) is 5.40. The van der Waals surface area contributed by atoms with Crippen molar-refractivity contribution in [1.82, 2.24) is 10.2 Å². The van der Waals surface area contributed by atoms with E-state index in [-0.39, 0.29) is 30.1 Å². The van der Waals surface area contributed by atoms with Crippen LogP contribution < -0.4 is 5.32 Å². The third-order valence-electron chi connectivity index (χ3n) is 4.81. The van der Waals surface area contributed by atoms with Gasteiger partial charge in [0.1, 0.15) is 0 Å². The van der Waals surface area contributed by atoms with Gasteiger partial charge < -0.3 is 5.32 Å². The van der Waals surface area contributed by atoms with Gasteiger partial charge in [-0.05, 0) is 60.7 Å². The summed E-state index contributed by atoms with van der Waals surface area (Å²) in [7, 11) is 0. The van der Waals surface area contributed by atoms with Crippen LogP contribution in [0, 0.1) is 0 Å². The molecule has 1 aliphatic heterocycles. The first-order valence-corrected chi connectivity index (χ1v) is 11.0. The Hall–Kier alpha value is -2.38. The van der Waals surface area contributed by atoms with Gasteiger partial charge in [-0.1, -0.05) is 30.3 Å². The molecular weight excluding hydrogens is 392 g/mol. The van der Waals surface area contributed by atoms with E-state index >= 15 is 0 Å². The molecule has 144 valence electrons. The van der Waals surface area contributed by atoms with Gasteiger partial charge >= 0.3 is 0 Å². The summed E-state index contributed by atoms with van der Waals surface area (Å²) in [6.07, 6.45) is 6.19. The number of rotatable bonds is 5. The van der Waals surface area contributed by atoms with Crippen molar-refractivity contribution in [2.24, 2.45) is 0 Å². The molecule has 1 fully saturated rings. The molecule has 0 atom stereocenters. The number of imide groups is 1. The average molecular weight is 413 g/mol. The molecule has 28 heavy (non-hydrogen) atoms. The Balaban J connectivity index is 1.34. The highest BCUT2D eigenvalue weighted by Gasteiger charge is 2.34. The van der Waals surface area contributed by atoms with Gasteiger partial charge in [0, 0.05) is 18.0 Å². The van der Waals surface area contributed by atoms with Gasteiger partial charge in [-0.3, -0.25) is 19.3 Å². The largest absolute Gasteiger partial charge is 0.350 e. The lowest BCUT2D eigenvalue weighted by Crippen LogP contribution is -2.37. The zero-order chi connectivity index (χ0) is 19.5. The van der Waals surface area contributed by atoms with Gasteiger partial charge in [0.15, 0.2) is 0 Å². The van der Waals surface area contributed by atoms with Crippen LogP contribution >= 0.6 is 23.1 Å². The normalized spacial score (nSPS) is 17.9. The Morgan fingerprint density at radius 1 is 1.14 bits per heavy atom. The molecule has 2 heterocycles. The number of amides is 3. The van der Waals surface area contributed by atoms with E-state index in [9.17, 15) is 14.4 Å². The Morgan fingerprint density at radius 2 is 1.93 bits per heavy atom. The molecule has 3 amide bonds. The van der Waals surface area contributed by atoms with E-state index in [2.05, 4.69) is 5.32 Å². The van der Waals surface area contributed by atoms with E-state index in [0.717, 1.165) is 30.2 Å². The highest BCUT2D eigenvalue weighted by Crippen LogP contribution is 2.32. The Bertz CT molecular complexity index is 926. The molecular formula is C21H20N2O3S2. The Labute approximate surface area is 171 Å². The lowest BCUT2D eigenvalue weighted by molar-refractivity contribution is -0.122. The maximum absolute atomic E-state index is 12.5. The minimum Gasteiger partial charge on any atom is -0.350 e. The first kappa shape index (κ1) is 19.0. The van der Waals surface area contributed by atoms with Crippen LogP contribution in [0.25, 0.3) is 6.08 Å². The van der Waals surface area contributed by atoms with Crippen LogP contribution in [0.2, 0.25) is 0 Å². The van der Waals surface area contributed by atoms with Crippen LogP contribution in [0.3, 0.4) is 0 Å². The van der Waals surface area contributed by atoms with E-state index in [1.54, 1.807) is 17.4 Å². The van der Waals surface area contributed by atoms with E-state index in [4.69, 9.17) is 0 Å². The topological polar surface area (TPSA) is 66.5 Å². The molecule has 2 aromatic rings. The standard InChI is InChI=1S/C21H20N2O3S2/c24-19(17-13-15-8-4-5-9-16(15)27-17)22-10-11-23-20(25)18(28-21(23)26)12-14-6-2-1-3-7-14/h1-3,6-7,12-13H,4-5,8-11H2,(H,22,24)/b18-12-. The first-order valence-electron chi connectivity index (χ1n) is 9.32. The van der Waals surface area contributed by atoms with Crippen molar-refractivity contribution in [2.75, 3.05) is 13.1 Å². The number of benzene rings is 1. The fourth-order valence-electron chi connectivity index (χ4n) is 3.36. The summed E-state index contributed by atoms with van der Waals surface area (Å²) in [6, 6.07) is 11.4. The molecule has 1 saturated heterocycles. The number of hydrogen-bond donors (Lipinski definition) is 1. The van der Waals surface area contributed by atoms with Crippen molar-refractivity contribution in [1.29, 1.82) is 0 Å². The number of thioether (sulfide) groups is 1. The lowest BCUT2D eigenvalue weighted by Gasteiger charge is -2.12. The summed E-state index contributed by atoms with van der Waals surface area (Å²) in [5, 5.41) is 2.54. The van der Waals surface area contributed by atoms with Crippen molar-refractivity contribution >= 4 is 46.2 Å². The van der Waals surface area contributed by atoms with Crippen LogP contribution in [-0.2, 0) is 17.6 Å². The number of nitrogens with one attached hydrogen (secondary N) is 1. The van der Waals surface area contributed by atoms with Gasteiger partial charge in [-0.25, -0.2) is 0 Å². The smallest absolute Gasteiger partial charge is 0.293 e. The van der Waals surface area contributed by atoms with Crippen molar-refractivity contribution in [3.63, 3.8) is 0 Å². The van der Waals surface area contributed by atoms with E-state index in [1.165, 1.54) is 28.2 Å². The van der Waals surface area contributed by atoms with Crippen molar-refractivity contribution in [3.05, 3.63) is 62.2 Å². The molecule has 1 aromatic carbocycles. The van der Waals surface area contributed by atoms with Gasteiger partial charge in [0.25, 0.3) is 17.1 Å². The highest BCUT2D eigenvalue weighted by atomic mass is 32.2. The number of carbonyl (C=O) groups is 3. The molecule has 0 saturated carbocycles. The summed E-state index contributed by atoms with van der Waals surface area (Å²) in [6.45, 7) is 0.422. The van der Waals surface area contributed by atoms with Gasteiger partial charge in [0.05, 0.1) is 9.78 Å². The van der Waals surface area contributed by atoms with Crippen LogP contribution in [0.5, 0.6) is 0 Å². The second-order valence-electron chi connectivity index (χ2n) is 6.77. The average Bonchev–Trinajstić information content (AvgIpc) is 3.25. The van der Waals surface area contributed by atoms with Crippen molar-refractivity contribution in [2.45, 2.75) is 25.7 Å². The molecule has 7 heteroatoms. The molecule has 0 spiro atoms. The molecule has 0 radical (unpaired) electrons. The molecule has 0 unspecified atom stereocenters. The van der Waals surface area contributed by atoms with Crippen molar-refractivity contribution in [3.8, 4) is 0 Å².